The van der Waals surface area contributed by atoms with Gasteiger partial charge in [-0.1, -0.05) is 66.7 Å². The molecule has 2 amide bonds. The molecule has 0 radical (unpaired) electrons. The second-order valence-corrected chi connectivity index (χ2v) is 12.4. The Morgan fingerprint density at radius 1 is 0.977 bits per heavy atom. The Morgan fingerprint density at radius 3 is 2.51 bits per heavy atom. The van der Waals surface area contributed by atoms with Crippen LogP contribution in [0.3, 0.4) is 0 Å². The van der Waals surface area contributed by atoms with Gasteiger partial charge in [0.15, 0.2) is 5.76 Å². The number of nitrogens with zero attached hydrogens (tertiary/aromatic N) is 2. The normalized spacial score (nSPS) is 13.5. The lowest BCUT2D eigenvalue weighted by Crippen LogP contribution is -2.29. The quantitative estimate of drug-likeness (QED) is 0.169. The number of thiophene rings is 1. The van der Waals surface area contributed by atoms with E-state index in [1.165, 1.54) is 34.9 Å². The van der Waals surface area contributed by atoms with Crippen LogP contribution in [0.4, 0.5) is 10.7 Å². The molecule has 0 aliphatic carbocycles. The first-order chi connectivity index (χ1) is 21.1. The number of thioether (sulfide) groups is 1. The summed E-state index contributed by atoms with van der Waals surface area (Å²) in [4.78, 5) is 30.7. The monoisotopic (exact) mass is 604 g/mol. The van der Waals surface area contributed by atoms with Crippen LogP contribution in [-0.4, -0.2) is 23.3 Å². The summed E-state index contributed by atoms with van der Waals surface area (Å²) in [5.74, 6) is -0.343. The number of hydrogen-bond acceptors (Lipinski definition) is 7. The van der Waals surface area contributed by atoms with Crippen molar-refractivity contribution in [2.45, 2.75) is 29.7 Å². The molecule has 214 valence electrons. The predicted octanol–water partition coefficient (Wildman–Crippen LogP) is 7.50. The van der Waals surface area contributed by atoms with Gasteiger partial charge in [-0.15, -0.1) is 23.1 Å². The molecule has 3 heterocycles. The minimum atomic E-state index is -0.586. The molecular weight excluding hydrogens is 577 g/mol. The van der Waals surface area contributed by atoms with Gasteiger partial charge in [-0.3, -0.25) is 14.5 Å². The van der Waals surface area contributed by atoms with Gasteiger partial charge in [0.05, 0.1) is 11.8 Å². The van der Waals surface area contributed by atoms with Gasteiger partial charge in [0.2, 0.25) is 5.91 Å². The van der Waals surface area contributed by atoms with Gasteiger partial charge in [-0.2, -0.15) is 5.26 Å². The van der Waals surface area contributed by atoms with Crippen molar-refractivity contribution in [1.29, 1.82) is 5.26 Å². The summed E-state index contributed by atoms with van der Waals surface area (Å²) in [6.07, 6.45) is 2.22. The van der Waals surface area contributed by atoms with Crippen LogP contribution in [0, 0.1) is 11.3 Å². The Bertz CT molecular complexity index is 1760. The summed E-state index contributed by atoms with van der Waals surface area (Å²) in [6, 6.07) is 32.9. The molecule has 0 bridgehead atoms. The minimum Gasteiger partial charge on any atom is -0.459 e. The van der Waals surface area contributed by atoms with Crippen molar-refractivity contribution in [1.82, 2.24) is 4.90 Å². The van der Waals surface area contributed by atoms with Crippen molar-refractivity contribution in [2.24, 2.45) is 0 Å². The number of hydrogen-bond donors (Lipinski definition) is 2. The van der Waals surface area contributed by atoms with Crippen molar-refractivity contribution in [3.63, 3.8) is 0 Å². The van der Waals surface area contributed by atoms with E-state index in [2.05, 4.69) is 33.7 Å². The van der Waals surface area contributed by atoms with E-state index >= 15 is 0 Å². The van der Waals surface area contributed by atoms with E-state index in [0.29, 0.717) is 16.3 Å². The number of amides is 2. The van der Waals surface area contributed by atoms with Crippen molar-refractivity contribution in [3.8, 4) is 6.07 Å². The predicted molar refractivity (Wildman–Crippen MR) is 170 cm³/mol. The Morgan fingerprint density at radius 2 is 1.77 bits per heavy atom. The molecule has 0 fully saturated rings. The van der Waals surface area contributed by atoms with E-state index in [1.54, 1.807) is 18.2 Å². The molecule has 6 rings (SSSR count). The molecule has 1 aliphatic heterocycles. The number of nitrogens with one attached hydrogen (secondary N) is 2. The second kappa shape index (κ2) is 13.1. The van der Waals surface area contributed by atoms with Gasteiger partial charge < -0.3 is 15.1 Å². The third-order valence-electron chi connectivity index (χ3n) is 7.16. The molecule has 1 unspecified atom stereocenters. The van der Waals surface area contributed by atoms with E-state index in [-0.39, 0.29) is 17.6 Å². The Labute approximate surface area is 258 Å². The van der Waals surface area contributed by atoms with Crippen LogP contribution in [0.15, 0.2) is 113 Å². The summed E-state index contributed by atoms with van der Waals surface area (Å²) < 4.78 is 5.19. The van der Waals surface area contributed by atoms with Gasteiger partial charge in [0.1, 0.15) is 16.3 Å². The van der Waals surface area contributed by atoms with Crippen LogP contribution in [0.25, 0.3) is 0 Å². The van der Waals surface area contributed by atoms with Crippen LogP contribution in [0.2, 0.25) is 0 Å². The maximum atomic E-state index is 13.9. The molecule has 3 aromatic carbocycles. The lowest BCUT2D eigenvalue weighted by atomic mass is 10.0. The van der Waals surface area contributed by atoms with Gasteiger partial charge >= 0.3 is 0 Å². The highest BCUT2D eigenvalue weighted by Crippen LogP contribution is 2.41. The minimum absolute atomic E-state index is 0.211. The van der Waals surface area contributed by atoms with Gasteiger partial charge in [-0.25, -0.2) is 0 Å². The van der Waals surface area contributed by atoms with Crippen LogP contribution in [-0.2, 0) is 24.3 Å². The number of nitriles is 1. The fourth-order valence-corrected chi connectivity index (χ4v) is 7.43. The third-order valence-corrected chi connectivity index (χ3v) is 9.54. The zero-order valence-corrected chi connectivity index (χ0v) is 24.8. The largest absolute Gasteiger partial charge is 0.459 e. The SMILES string of the molecule is N#Cc1c(NC(=O)C(Sc2cccc(NC(=O)c3ccco3)c2)c2ccccc2)sc2c1CCN(Cc1ccccc1)C2. The van der Waals surface area contributed by atoms with Crippen LogP contribution in [0.1, 0.15) is 42.9 Å². The molecule has 1 aliphatic rings. The van der Waals surface area contributed by atoms with Gasteiger partial charge in [0, 0.05) is 35.1 Å². The summed E-state index contributed by atoms with van der Waals surface area (Å²) in [5, 5.41) is 16.0. The lowest BCUT2D eigenvalue weighted by molar-refractivity contribution is -0.115. The van der Waals surface area contributed by atoms with Crippen molar-refractivity contribution < 1.29 is 14.0 Å². The molecule has 9 heteroatoms. The molecule has 2 N–H and O–H groups in total. The fourth-order valence-electron chi connectivity index (χ4n) is 5.10. The van der Waals surface area contributed by atoms with E-state index in [0.717, 1.165) is 47.0 Å². The molecular formula is C34H28N4O3S2. The van der Waals surface area contributed by atoms with Crippen LogP contribution < -0.4 is 10.6 Å². The van der Waals surface area contributed by atoms with Crippen molar-refractivity contribution >= 4 is 45.6 Å². The van der Waals surface area contributed by atoms with E-state index in [1.807, 2.05) is 66.7 Å². The van der Waals surface area contributed by atoms with E-state index < -0.39 is 5.25 Å². The Kier molecular flexibility index (Phi) is 8.70. The summed E-state index contributed by atoms with van der Waals surface area (Å²) in [5.41, 5.74) is 4.28. The standard InChI is InChI=1S/C34H28N4O3S2/c35-20-28-27-16-17-38(21-23-9-3-1-4-10-23)22-30(27)43-34(28)37-33(40)31(24-11-5-2-6-12-24)42-26-14-7-13-25(19-26)36-32(39)29-15-8-18-41-29/h1-15,18-19,31H,16-17,21-22H2,(H,36,39)(H,37,40). The fraction of sp³-hybridized carbons (Fsp3) is 0.147. The number of furan rings is 1. The summed E-state index contributed by atoms with van der Waals surface area (Å²) in [6.45, 7) is 2.44. The van der Waals surface area contributed by atoms with E-state index in [9.17, 15) is 14.9 Å². The average Bonchev–Trinajstić information content (AvgIpc) is 3.69. The van der Waals surface area contributed by atoms with Gasteiger partial charge in [0.25, 0.3) is 5.91 Å². The van der Waals surface area contributed by atoms with Crippen LogP contribution >= 0.6 is 23.1 Å². The summed E-state index contributed by atoms with van der Waals surface area (Å²) >= 11 is 2.88. The number of anilines is 2. The molecule has 0 saturated carbocycles. The molecule has 0 spiro atoms. The average molecular weight is 605 g/mol. The first-order valence-electron chi connectivity index (χ1n) is 13.9. The van der Waals surface area contributed by atoms with E-state index in [4.69, 9.17) is 4.42 Å². The molecule has 5 aromatic rings. The third kappa shape index (κ3) is 6.73. The number of fused-ring (bicyclic) bond motifs is 1. The molecule has 2 aromatic heterocycles. The highest BCUT2D eigenvalue weighted by Gasteiger charge is 2.28. The van der Waals surface area contributed by atoms with Crippen molar-refractivity contribution in [3.05, 3.63) is 136 Å². The maximum absolute atomic E-state index is 13.9. The maximum Gasteiger partial charge on any atom is 0.291 e. The highest BCUT2D eigenvalue weighted by atomic mass is 32.2. The lowest BCUT2D eigenvalue weighted by Gasteiger charge is -2.26. The number of carbonyl (C=O) groups is 2. The summed E-state index contributed by atoms with van der Waals surface area (Å²) in [7, 11) is 0. The van der Waals surface area contributed by atoms with Crippen LogP contribution in [0.5, 0.6) is 0 Å². The second-order valence-electron chi connectivity index (χ2n) is 10.1. The number of carbonyl (C=O) groups excluding carboxylic acids is 2. The smallest absolute Gasteiger partial charge is 0.291 e. The molecule has 0 saturated heterocycles. The first-order valence-corrected chi connectivity index (χ1v) is 15.6. The first kappa shape index (κ1) is 28.5. The molecule has 43 heavy (non-hydrogen) atoms. The van der Waals surface area contributed by atoms with Gasteiger partial charge in [-0.05, 0) is 53.4 Å². The molecule has 1 atom stereocenters. The Balaban J connectivity index is 1.21. The topological polar surface area (TPSA) is 98.4 Å². The number of benzene rings is 3. The number of rotatable bonds is 9. The Hall–Kier alpha value is -4.62. The van der Waals surface area contributed by atoms with Crippen molar-refractivity contribution in [2.75, 3.05) is 17.2 Å². The highest BCUT2D eigenvalue weighted by molar-refractivity contribution is 8.00. The molecule has 7 nitrogen and oxygen atoms in total. The zero-order valence-electron chi connectivity index (χ0n) is 23.2. The zero-order chi connectivity index (χ0) is 29.6.